The van der Waals surface area contributed by atoms with Gasteiger partial charge in [-0.25, -0.2) is 4.79 Å². The molecule has 2 aromatic rings. The van der Waals surface area contributed by atoms with Gasteiger partial charge in [0.15, 0.2) is 0 Å². The molecule has 0 amide bonds. The second-order valence-electron chi connectivity index (χ2n) is 4.38. The fraction of sp³-hybridized carbons (Fsp3) is 0.385. The average molecular weight is 264 g/mol. The van der Waals surface area contributed by atoms with Crippen LogP contribution in [0.3, 0.4) is 0 Å². The number of carboxylic acid groups (broad SMARTS) is 1. The maximum absolute atomic E-state index is 12.2. The van der Waals surface area contributed by atoms with Gasteiger partial charge < -0.3 is 10.2 Å². The fourth-order valence-corrected chi connectivity index (χ4v) is 2.23. The van der Waals surface area contributed by atoms with Gasteiger partial charge in [-0.15, -0.1) is 0 Å². The Bertz CT molecular complexity index is 656. The highest BCUT2D eigenvalue weighted by Crippen LogP contribution is 2.13. The van der Waals surface area contributed by atoms with Gasteiger partial charge in [0.25, 0.3) is 0 Å². The lowest BCUT2D eigenvalue weighted by atomic mass is 10.2. The predicted molar refractivity (Wildman–Crippen MR) is 70.1 cm³/mol. The van der Waals surface area contributed by atoms with E-state index in [-0.39, 0.29) is 18.7 Å². The molecule has 19 heavy (non-hydrogen) atoms. The first-order valence-electron chi connectivity index (χ1n) is 6.12. The number of fused-ring (bicyclic) bond motifs is 1. The van der Waals surface area contributed by atoms with Gasteiger partial charge in [0.05, 0.1) is 30.1 Å². The monoisotopic (exact) mass is 264 g/mol. The number of nitrogens with zero attached hydrogens (tertiary/aromatic N) is 2. The zero-order valence-electron chi connectivity index (χ0n) is 10.6. The highest BCUT2D eigenvalue weighted by Gasteiger charge is 2.16. The zero-order chi connectivity index (χ0) is 14.0. The molecule has 0 spiro atoms. The minimum Gasteiger partial charge on any atom is -0.481 e. The summed E-state index contributed by atoms with van der Waals surface area (Å²) < 4.78 is 3.02. The van der Waals surface area contributed by atoms with Crippen LogP contribution in [0.15, 0.2) is 29.1 Å². The van der Waals surface area contributed by atoms with Crippen molar-refractivity contribution in [1.29, 1.82) is 0 Å². The molecule has 102 valence electrons. The van der Waals surface area contributed by atoms with E-state index in [9.17, 15) is 14.7 Å². The molecule has 1 unspecified atom stereocenters. The quantitative estimate of drug-likeness (QED) is 0.830. The van der Waals surface area contributed by atoms with Crippen LogP contribution in [-0.2, 0) is 17.9 Å². The molecule has 6 nitrogen and oxygen atoms in total. The van der Waals surface area contributed by atoms with Crippen LogP contribution < -0.4 is 5.69 Å². The Morgan fingerprint density at radius 1 is 1.26 bits per heavy atom. The van der Waals surface area contributed by atoms with Gasteiger partial charge in [0.2, 0.25) is 0 Å². The van der Waals surface area contributed by atoms with Crippen LogP contribution in [0.1, 0.15) is 13.3 Å². The summed E-state index contributed by atoms with van der Waals surface area (Å²) >= 11 is 0. The molecular formula is C13H16N2O4. The van der Waals surface area contributed by atoms with Gasteiger partial charge in [-0.3, -0.25) is 13.9 Å². The third-order valence-corrected chi connectivity index (χ3v) is 3.04. The Hall–Kier alpha value is -2.08. The van der Waals surface area contributed by atoms with E-state index in [4.69, 9.17) is 5.11 Å². The highest BCUT2D eigenvalue weighted by molar-refractivity contribution is 5.76. The van der Waals surface area contributed by atoms with Gasteiger partial charge in [0.1, 0.15) is 0 Å². The highest BCUT2D eigenvalue weighted by atomic mass is 16.4. The number of para-hydroxylation sites is 2. The van der Waals surface area contributed by atoms with E-state index in [0.29, 0.717) is 12.1 Å². The summed E-state index contributed by atoms with van der Waals surface area (Å²) in [6, 6.07) is 7.27. The smallest absolute Gasteiger partial charge is 0.329 e. The summed E-state index contributed by atoms with van der Waals surface area (Å²) in [6.45, 7) is 2.38. The molecule has 1 aromatic heterocycles. The van der Waals surface area contributed by atoms with Crippen molar-refractivity contribution in [1.82, 2.24) is 9.13 Å². The van der Waals surface area contributed by atoms with E-state index in [0.717, 1.165) is 5.52 Å². The largest absolute Gasteiger partial charge is 0.481 e. The maximum atomic E-state index is 12.2. The third-order valence-electron chi connectivity index (χ3n) is 3.04. The van der Waals surface area contributed by atoms with E-state index >= 15 is 0 Å². The number of carbonyl (C=O) groups is 1. The van der Waals surface area contributed by atoms with Crippen molar-refractivity contribution in [2.45, 2.75) is 32.5 Å². The number of aliphatic hydroxyl groups is 1. The summed E-state index contributed by atoms with van der Waals surface area (Å²) in [5.41, 5.74) is 1.27. The van der Waals surface area contributed by atoms with Gasteiger partial charge in [-0.05, 0) is 19.1 Å². The predicted octanol–water partition coefficient (Wildman–Crippen LogP) is 0.658. The van der Waals surface area contributed by atoms with Crippen LogP contribution in [-0.4, -0.2) is 31.4 Å². The number of benzene rings is 1. The number of carboxylic acids is 1. The van der Waals surface area contributed by atoms with E-state index < -0.39 is 12.1 Å². The maximum Gasteiger partial charge on any atom is 0.329 e. The lowest BCUT2D eigenvalue weighted by molar-refractivity contribution is -0.139. The van der Waals surface area contributed by atoms with E-state index in [1.165, 1.54) is 4.57 Å². The molecule has 0 saturated heterocycles. The number of hydrogen-bond acceptors (Lipinski definition) is 3. The van der Waals surface area contributed by atoms with Crippen molar-refractivity contribution in [2.75, 3.05) is 0 Å². The molecule has 1 heterocycles. The molecule has 2 N–H and O–H groups in total. The number of aryl methyl sites for hydroxylation is 1. The molecular weight excluding hydrogens is 248 g/mol. The fourth-order valence-electron chi connectivity index (χ4n) is 2.23. The molecule has 1 atom stereocenters. The molecule has 0 aliphatic carbocycles. The minimum atomic E-state index is -1.08. The Balaban J connectivity index is 2.45. The number of aromatic nitrogens is 2. The SMILES string of the molecule is CCn1c(=O)n(CC(O)CC(=O)O)c2ccccc21. The third kappa shape index (κ3) is 2.53. The number of hydrogen-bond donors (Lipinski definition) is 2. The number of aliphatic carboxylic acids is 1. The molecule has 0 saturated carbocycles. The van der Waals surface area contributed by atoms with Crippen molar-refractivity contribution in [3.8, 4) is 0 Å². The van der Waals surface area contributed by atoms with Crippen molar-refractivity contribution >= 4 is 17.0 Å². The Labute approximate surface area is 109 Å². The molecule has 0 aliphatic heterocycles. The van der Waals surface area contributed by atoms with Crippen LogP contribution in [0, 0.1) is 0 Å². The van der Waals surface area contributed by atoms with Crippen LogP contribution >= 0.6 is 0 Å². The zero-order valence-corrected chi connectivity index (χ0v) is 10.6. The molecule has 0 fully saturated rings. The van der Waals surface area contributed by atoms with Gasteiger partial charge in [0, 0.05) is 6.54 Å². The first-order valence-corrected chi connectivity index (χ1v) is 6.12. The summed E-state index contributed by atoms with van der Waals surface area (Å²) in [7, 11) is 0. The molecule has 0 aliphatic rings. The number of rotatable bonds is 5. The minimum absolute atomic E-state index is 0.0152. The molecule has 1 aromatic carbocycles. The van der Waals surface area contributed by atoms with Gasteiger partial charge >= 0.3 is 11.7 Å². The number of aliphatic hydroxyl groups excluding tert-OH is 1. The lowest BCUT2D eigenvalue weighted by Gasteiger charge is -2.08. The normalized spacial score (nSPS) is 12.7. The van der Waals surface area contributed by atoms with Crippen molar-refractivity contribution in [3.05, 3.63) is 34.7 Å². The molecule has 0 radical (unpaired) electrons. The van der Waals surface area contributed by atoms with Gasteiger partial charge in [-0.2, -0.15) is 0 Å². The standard InChI is InChI=1S/C13H16N2O4/c1-2-14-10-5-3-4-6-11(10)15(13(14)19)8-9(16)7-12(17)18/h3-6,9,16H,2,7-8H2,1H3,(H,17,18). The molecule has 6 heteroatoms. The molecule has 0 bridgehead atoms. The van der Waals surface area contributed by atoms with E-state index in [1.54, 1.807) is 10.6 Å². The topological polar surface area (TPSA) is 84.5 Å². The Morgan fingerprint density at radius 2 is 1.84 bits per heavy atom. The van der Waals surface area contributed by atoms with Gasteiger partial charge in [-0.1, -0.05) is 12.1 Å². The average Bonchev–Trinajstić information content (AvgIpc) is 2.61. The van der Waals surface area contributed by atoms with Crippen LogP contribution in [0.25, 0.3) is 11.0 Å². The van der Waals surface area contributed by atoms with Crippen molar-refractivity contribution in [3.63, 3.8) is 0 Å². The lowest BCUT2D eigenvalue weighted by Crippen LogP contribution is -2.29. The van der Waals surface area contributed by atoms with E-state index in [2.05, 4.69) is 0 Å². The van der Waals surface area contributed by atoms with E-state index in [1.807, 2.05) is 25.1 Å². The van der Waals surface area contributed by atoms with Crippen LogP contribution in [0.4, 0.5) is 0 Å². The van der Waals surface area contributed by atoms with Crippen LogP contribution in [0.2, 0.25) is 0 Å². The van der Waals surface area contributed by atoms with Crippen LogP contribution in [0.5, 0.6) is 0 Å². The summed E-state index contributed by atoms with van der Waals surface area (Å²) in [6.07, 6.45) is -1.45. The van der Waals surface area contributed by atoms with Crippen molar-refractivity contribution < 1.29 is 15.0 Å². The first kappa shape index (κ1) is 13.4. The molecule has 2 rings (SSSR count). The number of imidazole rings is 1. The van der Waals surface area contributed by atoms with Crippen molar-refractivity contribution in [2.24, 2.45) is 0 Å². The Morgan fingerprint density at radius 3 is 2.37 bits per heavy atom. The first-order chi connectivity index (χ1) is 9.04. The second-order valence-corrected chi connectivity index (χ2v) is 4.38. The second kappa shape index (κ2) is 5.27. The summed E-state index contributed by atoms with van der Waals surface area (Å²) in [5, 5.41) is 18.3. The Kier molecular flexibility index (Phi) is 3.71. The summed E-state index contributed by atoms with van der Waals surface area (Å²) in [5.74, 6) is -1.08. The summed E-state index contributed by atoms with van der Waals surface area (Å²) in [4.78, 5) is 22.8.